The fraction of sp³-hybridized carbons (Fsp3) is 0.627. The van der Waals surface area contributed by atoms with Crippen molar-refractivity contribution in [3.63, 3.8) is 0 Å². The molecule has 6 heteroatoms. The molecule has 6 nitrogen and oxygen atoms in total. The van der Waals surface area contributed by atoms with Crippen molar-refractivity contribution in [2.24, 2.45) is 0 Å². The smallest absolute Gasteiger partial charge is 0.306 e. The molecule has 0 aliphatic rings. The van der Waals surface area contributed by atoms with Gasteiger partial charge >= 0.3 is 17.9 Å². The number of carbonyl (C=O) groups excluding carboxylic acids is 3. The zero-order valence-electron chi connectivity index (χ0n) is 47.1. The standard InChI is InChI=1S/C67H108O6/c1-4-7-10-13-15-17-19-21-23-25-27-29-31-33-35-37-39-41-43-45-47-49-51-54-57-60-66(69)72-63-64(62-71-65(68)59-56-53-12-9-6-3)73-67(70)61-58-55-52-50-48-46-44-42-40-38-36-34-32-30-28-26-24-22-20-18-16-14-11-8-5-2/h7-8,10-11,15-18,21-24,27-30,33-36,39,41,64H,4-6,9,12-14,19-20,25-26,31-32,37-38,40,42-63H2,1-3H3/b10-7-,11-8-,17-15-,18-16-,23-21-,24-22-,29-27-,30-28-,35-33-,36-34-,41-39-. The average Bonchev–Trinajstić information content (AvgIpc) is 3.39. The van der Waals surface area contributed by atoms with E-state index in [1.54, 1.807) is 0 Å². The summed E-state index contributed by atoms with van der Waals surface area (Å²) >= 11 is 0. The van der Waals surface area contributed by atoms with E-state index in [2.05, 4.69) is 154 Å². The Morgan fingerprint density at radius 3 is 0.836 bits per heavy atom. The third kappa shape index (κ3) is 58.3. The minimum absolute atomic E-state index is 0.0896. The number of carbonyl (C=O) groups is 3. The van der Waals surface area contributed by atoms with Gasteiger partial charge in [0.05, 0.1) is 0 Å². The van der Waals surface area contributed by atoms with E-state index in [1.165, 1.54) is 51.4 Å². The van der Waals surface area contributed by atoms with Gasteiger partial charge in [-0.15, -0.1) is 0 Å². The zero-order valence-corrected chi connectivity index (χ0v) is 47.1. The van der Waals surface area contributed by atoms with Crippen LogP contribution in [0.15, 0.2) is 134 Å². The van der Waals surface area contributed by atoms with E-state index in [-0.39, 0.29) is 31.1 Å². The number of esters is 3. The van der Waals surface area contributed by atoms with Crippen LogP contribution in [-0.2, 0) is 28.6 Å². The number of rotatable bonds is 52. The summed E-state index contributed by atoms with van der Waals surface area (Å²) in [5.41, 5.74) is 0. The monoisotopic (exact) mass is 1010 g/mol. The Kier molecular flexibility index (Phi) is 56.4. The molecule has 0 heterocycles. The maximum absolute atomic E-state index is 12.8. The van der Waals surface area contributed by atoms with Gasteiger partial charge in [0, 0.05) is 19.3 Å². The summed E-state index contributed by atoms with van der Waals surface area (Å²) in [6, 6.07) is 0. The lowest BCUT2D eigenvalue weighted by atomic mass is 10.1. The third-order valence-corrected chi connectivity index (χ3v) is 12.2. The van der Waals surface area contributed by atoms with Crippen molar-refractivity contribution in [3.05, 3.63) is 134 Å². The predicted octanol–water partition coefficient (Wildman–Crippen LogP) is 20.2. The lowest BCUT2D eigenvalue weighted by Gasteiger charge is -2.18. The van der Waals surface area contributed by atoms with Crippen molar-refractivity contribution in [2.75, 3.05) is 13.2 Å². The highest BCUT2D eigenvalue weighted by atomic mass is 16.6. The van der Waals surface area contributed by atoms with Crippen LogP contribution in [0.3, 0.4) is 0 Å². The van der Waals surface area contributed by atoms with Gasteiger partial charge in [0.2, 0.25) is 0 Å². The van der Waals surface area contributed by atoms with Crippen LogP contribution in [-0.4, -0.2) is 37.2 Å². The van der Waals surface area contributed by atoms with Crippen LogP contribution in [0, 0.1) is 0 Å². The first-order valence-corrected chi connectivity index (χ1v) is 29.7. The molecule has 0 fully saturated rings. The van der Waals surface area contributed by atoms with Gasteiger partial charge in [-0.25, -0.2) is 0 Å². The normalized spacial score (nSPS) is 13.1. The third-order valence-electron chi connectivity index (χ3n) is 12.2. The van der Waals surface area contributed by atoms with Crippen LogP contribution < -0.4 is 0 Å². The first-order valence-electron chi connectivity index (χ1n) is 29.7. The van der Waals surface area contributed by atoms with Crippen LogP contribution in [0.2, 0.25) is 0 Å². The number of hydrogen-bond acceptors (Lipinski definition) is 6. The molecule has 0 aromatic carbocycles. The fourth-order valence-electron chi connectivity index (χ4n) is 7.77. The van der Waals surface area contributed by atoms with Crippen molar-refractivity contribution in [1.82, 2.24) is 0 Å². The molecule has 0 bridgehead atoms. The zero-order chi connectivity index (χ0) is 52.9. The molecule has 0 saturated carbocycles. The van der Waals surface area contributed by atoms with Gasteiger partial charge in [-0.1, -0.05) is 251 Å². The molecule has 1 unspecified atom stereocenters. The minimum Gasteiger partial charge on any atom is -0.462 e. The Labute approximate surface area is 449 Å². The topological polar surface area (TPSA) is 78.9 Å². The Hall–Kier alpha value is -4.45. The Balaban J connectivity index is 4.17. The molecule has 0 aromatic rings. The Morgan fingerprint density at radius 1 is 0.288 bits per heavy atom. The molecule has 0 aromatic heterocycles. The van der Waals surface area contributed by atoms with Crippen molar-refractivity contribution in [1.29, 1.82) is 0 Å². The number of ether oxygens (including phenoxy) is 3. The molecule has 0 N–H and O–H groups in total. The van der Waals surface area contributed by atoms with Gasteiger partial charge in [-0.3, -0.25) is 14.4 Å². The van der Waals surface area contributed by atoms with E-state index in [0.29, 0.717) is 19.3 Å². The van der Waals surface area contributed by atoms with E-state index >= 15 is 0 Å². The first-order chi connectivity index (χ1) is 36.0. The van der Waals surface area contributed by atoms with Crippen LogP contribution >= 0.6 is 0 Å². The van der Waals surface area contributed by atoms with Crippen molar-refractivity contribution >= 4 is 17.9 Å². The fourth-order valence-corrected chi connectivity index (χ4v) is 7.77. The SMILES string of the molecule is CC/C=C\C/C=C\C/C=C\C/C=C\C/C=C\C/C=C\CCCCCCCCC(=O)OCC(COC(=O)CCCCCCC)OC(=O)CCCCCCCCCCC/C=C\C/C=C\C/C=C\C/C=C\C/C=C\CC. The number of allylic oxidation sites excluding steroid dienone is 22. The molecule has 0 saturated heterocycles. The highest BCUT2D eigenvalue weighted by Crippen LogP contribution is 2.14. The largest absolute Gasteiger partial charge is 0.462 e. The summed E-state index contributed by atoms with van der Waals surface area (Å²) in [6.45, 7) is 6.30. The molecular weight excluding hydrogens is 901 g/mol. The molecule has 73 heavy (non-hydrogen) atoms. The maximum Gasteiger partial charge on any atom is 0.306 e. The van der Waals surface area contributed by atoms with Gasteiger partial charge in [-0.05, 0) is 116 Å². The summed E-state index contributed by atoms with van der Waals surface area (Å²) in [6.07, 6.45) is 84.9. The molecule has 0 aliphatic carbocycles. The lowest BCUT2D eigenvalue weighted by molar-refractivity contribution is -0.167. The summed E-state index contributed by atoms with van der Waals surface area (Å²) in [5, 5.41) is 0. The summed E-state index contributed by atoms with van der Waals surface area (Å²) in [5.74, 6) is -0.928. The van der Waals surface area contributed by atoms with Crippen LogP contribution in [0.25, 0.3) is 0 Å². The Morgan fingerprint density at radius 2 is 0.534 bits per heavy atom. The van der Waals surface area contributed by atoms with E-state index in [1.807, 2.05) is 0 Å². The van der Waals surface area contributed by atoms with Gasteiger partial charge in [0.1, 0.15) is 13.2 Å². The van der Waals surface area contributed by atoms with Crippen LogP contribution in [0.4, 0.5) is 0 Å². The van der Waals surface area contributed by atoms with Crippen molar-refractivity contribution < 1.29 is 28.6 Å². The number of hydrogen-bond donors (Lipinski definition) is 0. The average molecular weight is 1010 g/mol. The van der Waals surface area contributed by atoms with Gasteiger partial charge in [0.15, 0.2) is 6.10 Å². The first kappa shape index (κ1) is 68.6. The Bertz CT molecular complexity index is 1580. The van der Waals surface area contributed by atoms with Crippen LogP contribution in [0.1, 0.15) is 252 Å². The van der Waals surface area contributed by atoms with Gasteiger partial charge in [0.25, 0.3) is 0 Å². The molecule has 0 amide bonds. The molecule has 0 aliphatic heterocycles. The molecular formula is C67H108O6. The molecule has 0 rings (SSSR count). The van der Waals surface area contributed by atoms with Gasteiger partial charge < -0.3 is 14.2 Å². The molecule has 0 spiro atoms. The van der Waals surface area contributed by atoms with E-state index in [0.717, 1.165) is 161 Å². The second kappa shape index (κ2) is 60.1. The summed E-state index contributed by atoms with van der Waals surface area (Å²) in [4.78, 5) is 37.9. The molecule has 1 atom stereocenters. The van der Waals surface area contributed by atoms with Gasteiger partial charge in [-0.2, -0.15) is 0 Å². The van der Waals surface area contributed by atoms with Crippen molar-refractivity contribution in [3.8, 4) is 0 Å². The van der Waals surface area contributed by atoms with E-state index in [4.69, 9.17) is 14.2 Å². The summed E-state index contributed by atoms with van der Waals surface area (Å²) < 4.78 is 16.7. The lowest BCUT2D eigenvalue weighted by Crippen LogP contribution is -2.30. The number of unbranched alkanes of at least 4 members (excludes halogenated alkanes) is 19. The van der Waals surface area contributed by atoms with E-state index < -0.39 is 6.10 Å². The minimum atomic E-state index is -0.789. The predicted molar refractivity (Wildman–Crippen MR) is 316 cm³/mol. The summed E-state index contributed by atoms with van der Waals surface area (Å²) in [7, 11) is 0. The molecule has 0 radical (unpaired) electrons. The molecule has 412 valence electrons. The van der Waals surface area contributed by atoms with Crippen LogP contribution in [0.5, 0.6) is 0 Å². The second-order valence-corrected chi connectivity index (χ2v) is 19.1. The highest BCUT2D eigenvalue weighted by molar-refractivity contribution is 5.71. The van der Waals surface area contributed by atoms with Crippen molar-refractivity contribution in [2.45, 2.75) is 258 Å². The van der Waals surface area contributed by atoms with E-state index in [9.17, 15) is 14.4 Å². The maximum atomic E-state index is 12.8. The highest BCUT2D eigenvalue weighted by Gasteiger charge is 2.19. The quantitative estimate of drug-likeness (QED) is 0.0261. The second-order valence-electron chi connectivity index (χ2n) is 19.1.